The number of oxazole rings is 2. The number of nitrogen functional groups attached to an aromatic ring is 2. The Hall–Kier alpha value is -9.67. The van der Waals surface area contributed by atoms with E-state index in [-0.39, 0.29) is 42.0 Å². The van der Waals surface area contributed by atoms with Crippen molar-refractivity contribution in [2.75, 3.05) is 61.7 Å². The predicted octanol–water partition coefficient (Wildman–Crippen LogP) is 13.5. The number of nitrogens with zero attached hydrogens (tertiary/aromatic N) is 10. The Morgan fingerprint density at radius 2 is 1.06 bits per heavy atom. The van der Waals surface area contributed by atoms with Crippen molar-refractivity contribution in [1.82, 2.24) is 35.2 Å². The number of carbonyl (C=O) groups is 1. The Labute approximate surface area is 541 Å². The van der Waals surface area contributed by atoms with Crippen LogP contribution in [0.15, 0.2) is 142 Å². The summed E-state index contributed by atoms with van der Waals surface area (Å²) in [6.07, 6.45) is 3.13. The van der Waals surface area contributed by atoms with E-state index >= 15 is 0 Å². The Bertz CT molecular complexity index is 4440. The van der Waals surface area contributed by atoms with Crippen molar-refractivity contribution in [3.05, 3.63) is 188 Å². The van der Waals surface area contributed by atoms with Crippen LogP contribution in [0.2, 0.25) is 10.3 Å². The Kier molecular flexibility index (Phi) is 21.1. The number of amides is 1. The van der Waals surface area contributed by atoms with E-state index in [4.69, 9.17) is 68.6 Å². The molecule has 456 valence electrons. The number of fused-ring (bicyclic) bond motifs is 4. The van der Waals surface area contributed by atoms with Crippen LogP contribution in [-0.4, -0.2) is 81.5 Å². The average Bonchev–Trinajstić information content (AvgIpc) is 1.79. The van der Waals surface area contributed by atoms with Gasteiger partial charge in [-0.3, -0.25) is 0 Å². The third-order valence-electron chi connectivity index (χ3n) is 13.0. The van der Waals surface area contributed by atoms with Crippen LogP contribution >= 0.6 is 68.5 Å². The molecule has 0 radical (unpaired) electrons. The van der Waals surface area contributed by atoms with Crippen molar-refractivity contribution in [2.24, 2.45) is 5.73 Å². The van der Waals surface area contributed by atoms with Crippen molar-refractivity contribution < 1.29 is 32.9 Å². The molecule has 21 nitrogen and oxygen atoms in total. The van der Waals surface area contributed by atoms with Gasteiger partial charge in [-0.05, 0) is 82.9 Å². The fourth-order valence-corrected chi connectivity index (χ4v) is 13.5. The maximum Gasteiger partial charge on any atom is 0.407 e. The largest absolute Gasteiger partial charge is 0.473 e. The summed E-state index contributed by atoms with van der Waals surface area (Å²) in [5.74, 6) is 1.44. The number of allylic oxidation sites excluding steroid dienone is 2. The molecule has 90 heavy (non-hydrogen) atoms. The van der Waals surface area contributed by atoms with Gasteiger partial charge in [0, 0.05) is 74.4 Å². The average molecular weight is 1320 g/mol. The van der Waals surface area contributed by atoms with Gasteiger partial charge < -0.3 is 60.5 Å². The first kappa shape index (κ1) is 63.4. The zero-order chi connectivity index (χ0) is 63.1. The molecule has 0 spiro atoms. The summed E-state index contributed by atoms with van der Waals surface area (Å²) in [6.45, 7) is 3.01. The van der Waals surface area contributed by atoms with Crippen LogP contribution in [0.4, 0.5) is 26.7 Å². The normalized spacial score (nSPS) is 11.4. The number of aromatic nitrogens is 6. The molecule has 0 saturated heterocycles. The molecule has 27 heteroatoms. The van der Waals surface area contributed by atoms with Crippen molar-refractivity contribution in [2.45, 2.75) is 26.3 Å². The van der Waals surface area contributed by atoms with E-state index in [1.807, 2.05) is 127 Å². The van der Waals surface area contributed by atoms with Crippen molar-refractivity contribution in [3.63, 3.8) is 0 Å². The van der Waals surface area contributed by atoms with Crippen LogP contribution in [0.5, 0.6) is 11.8 Å². The Balaban J connectivity index is 0.000000169. The number of carbonyl (C=O) groups excluding carboxylic acids is 1. The Morgan fingerprint density at radius 3 is 1.49 bits per heavy atom. The molecule has 0 saturated carbocycles. The number of benzene rings is 4. The molecule has 12 rings (SSSR count). The second-order valence-corrected chi connectivity index (χ2v) is 24.6. The molecule has 12 aromatic rings. The van der Waals surface area contributed by atoms with E-state index in [1.165, 1.54) is 12.1 Å². The topological polar surface area (TPSA) is 313 Å². The fourth-order valence-electron chi connectivity index (χ4n) is 8.43. The Morgan fingerprint density at radius 1 is 0.611 bits per heavy atom. The number of nitrogens with two attached hydrogens (primary N) is 3. The lowest BCUT2D eigenvalue weighted by Gasteiger charge is -2.16. The lowest BCUT2D eigenvalue weighted by atomic mass is 10.1. The summed E-state index contributed by atoms with van der Waals surface area (Å²) < 4.78 is 32.5. The first-order valence-electron chi connectivity index (χ1n) is 27.4. The molecular formula is C63H54Cl2N14O7S4. The van der Waals surface area contributed by atoms with E-state index in [9.17, 15) is 15.3 Å². The number of likely N-dealkylation sites (N-methyl/N-ethyl adjacent to an activating group) is 2. The number of para-hydroxylation sites is 4. The fraction of sp³-hybridized carbons (Fsp3) is 0.159. The van der Waals surface area contributed by atoms with Crippen LogP contribution in [0.1, 0.15) is 43.8 Å². The zero-order valence-electron chi connectivity index (χ0n) is 48.0. The van der Waals surface area contributed by atoms with E-state index in [0.29, 0.717) is 84.2 Å². The minimum atomic E-state index is -0.491. The molecule has 0 fully saturated rings. The smallest absolute Gasteiger partial charge is 0.407 e. The third kappa shape index (κ3) is 16.9. The third-order valence-corrected chi connectivity index (χ3v) is 18.1. The number of nitriles is 2. The summed E-state index contributed by atoms with van der Waals surface area (Å²) in [6, 6.07) is 46.1. The summed E-state index contributed by atoms with van der Waals surface area (Å²) in [5.41, 5.74) is 24.0. The van der Waals surface area contributed by atoms with E-state index < -0.39 is 6.09 Å². The summed E-state index contributed by atoms with van der Waals surface area (Å²) in [4.78, 5) is 42.6. The molecule has 0 unspecified atom stereocenters. The predicted molar refractivity (Wildman–Crippen MR) is 359 cm³/mol. The van der Waals surface area contributed by atoms with Crippen LogP contribution < -0.4 is 41.8 Å². The molecule has 0 aliphatic heterocycles. The number of ether oxygens (including phenoxy) is 3. The minimum Gasteiger partial charge on any atom is -0.473 e. The number of aliphatic hydroxyl groups excluding tert-OH is 1. The molecule has 0 aliphatic carbocycles. The quantitative estimate of drug-likeness (QED) is 0.0350. The van der Waals surface area contributed by atoms with Crippen LogP contribution in [0, 0.1) is 22.7 Å². The highest BCUT2D eigenvalue weighted by molar-refractivity contribution is 7.30. The molecular weight excluding hydrogens is 1260 g/mol. The molecule has 8 aromatic heterocycles. The van der Waals surface area contributed by atoms with Crippen LogP contribution in [-0.2, 0) is 31.0 Å². The van der Waals surface area contributed by atoms with Crippen molar-refractivity contribution in [1.29, 1.82) is 10.5 Å². The lowest BCUT2D eigenvalue weighted by molar-refractivity contribution is 0.148. The van der Waals surface area contributed by atoms with Gasteiger partial charge in [-0.1, -0.05) is 96.0 Å². The summed E-state index contributed by atoms with van der Waals surface area (Å²) in [7, 11) is 3.92. The molecule has 8 N–H and O–H groups in total. The highest BCUT2D eigenvalue weighted by atomic mass is 35.5. The van der Waals surface area contributed by atoms with Gasteiger partial charge in [0.05, 0.1) is 23.2 Å². The SMILES string of the molecule is CN(CCO)c1cc2sc(/C=C(\C#N)c3nc4ccccc4o3)cc2s1.CN(CCOC(=O)NCc1ccc(COc2cc(Cl)nc(N)n2)cc1)c1cc2sc(/C=C(\C#N)c3nc4ccccc4o3)cc2s1.NCc1ccc(COc2cc(Cl)nc(N)n2)cc1. The molecule has 4 aromatic carbocycles. The lowest BCUT2D eigenvalue weighted by Crippen LogP contribution is -2.28. The molecule has 8 heterocycles. The van der Waals surface area contributed by atoms with Gasteiger partial charge in [-0.15, -0.1) is 45.3 Å². The van der Waals surface area contributed by atoms with Gasteiger partial charge in [0.1, 0.15) is 64.4 Å². The number of anilines is 4. The first-order valence-corrected chi connectivity index (χ1v) is 31.4. The maximum absolute atomic E-state index is 12.3. The first-order chi connectivity index (χ1) is 43.7. The van der Waals surface area contributed by atoms with Crippen LogP contribution in [0.25, 0.3) is 64.3 Å². The van der Waals surface area contributed by atoms with Crippen molar-refractivity contribution >= 4 is 161 Å². The minimum absolute atomic E-state index is 0.0439. The maximum atomic E-state index is 12.3. The zero-order valence-corrected chi connectivity index (χ0v) is 52.8. The summed E-state index contributed by atoms with van der Waals surface area (Å²) in [5, 5.41) is 33.7. The highest BCUT2D eigenvalue weighted by Gasteiger charge is 2.17. The van der Waals surface area contributed by atoms with Gasteiger partial charge in [0.2, 0.25) is 35.4 Å². The number of thiophene rings is 4. The monoisotopic (exact) mass is 1320 g/mol. The number of hydrogen-bond donors (Lipinski definition) is 5. The molecule has 1 amide bonds. The van der Waals surface area contributed by atoms with Gasteiger partial charge in [0.25, 0.3) is 0 Å². The molecule has 0 bridgehead atoms. The van der Waals surface area contributed by atoms with Gasteiger partial charge in [0.15, 0.2) is 11.2 Å². The number of nitrogens with one attached hydrogen (secondary N) is 1. The second-order valence-electron chi connectivity index (χ2n) is 19.5. The van der Waals surface area contributed by atoms with Gasteiger partial charge in [-0.2, -0.15) is 20.5 Å². The van der Waals surface area contributed by atoms with E-state index in [1.54, 1.807) is 51.4 Å². The van der Waals surface area contributed by atoms with Crippen LogP contribution in [0.3, 0.4) is 0 Å². The number of rotatable bonds is 20. The molecule has 0 atom stereocenters. The highest BCUT2D eigenvalue weighted by Crippen LogP contribution is 2.40. The second kappa shape index (κ2) is 30.0. The molecule has 0 aliphatic rings. The standard InChI is InChI=1S/C32H26ClN7O4S2.C19H15N3O2S2.C12H13ClN4O/c1-40(10-11-42-32(41)36-17-19-6-8-20(9-7-19)18-43-28-15-27(33)38-31(35)39-28)29-14-26-25(46-29)13-22(45-26)12-21(16-34)30-37-23-4-2-3-5-24(23)44-30;1-22(6-7-23)18-10-17-16(26-18)9-13(25-17)8-12(11-20)19-21-14-4-2-3-5-15(14)24-19;13-10-5-11(17-12(15)16-10)18-7-9-3-1-8(6-14)2-4-9/h2-9,12-15H,10-11,17-18H2,1H3,(H,36,41)(H2,35,38,39);2-5,8-10,23H,6-7H2,1H3;1-5H,6-7,14H2,(H2,15,16,17)/b21-12+;12-8+;. The van der Waals surface area contributed by atoms with E-state index in [2.05, 4.69) is 71.6 Å². The number of halogens is 2. The van der Waals surface area contributed by atoms with E-state index in [0.717, 1.165) is 66.3 Å². The number of alkyl carbamates (subject to hydrolysis) is 1. The number of hydrogen-bond acceptors (Lipinski definition) is 24. The van der Waals surface area contributed by atoms with Gasteiger partial charge >= 0.3 is 6.09 Å². The number of aliphatic hydroxyl groups is 1. The summed E-state index contributed by atoms with van der Waals surface area (Å²) >= 11 is 18.1. The van der Waals surface area contributed by atoms with Gasteiger partial charge in [-0.25, -0.2) is 24.7 Å². The van der Waals surface area contributed by atoms with Crippen molar-refractivity contribution in [3.8, 4) is 23.9 Å².